The van der Waals surface area contributed by atoms with Crippen LogP contribution >= 0.6 is 0 Å². The Bertz CT molecular complexity index is 603. The van der Waals surface area contributed by atoms with Crippen molar-refractivity contribution < 1.29 is 14.3 Å². The van der Waals surface area contributed by atoms with E-state index in [-0.39, 0.29) is 11.8 Å². The number of rotatable bonds is 11. The minimum absolute atomic E-state index is 0.00337. The van der Waals surface area contributed by atoms with Crippen molar-refractivity contribution in [2.45, 2.75) is 33.6 Å². The fourth-order valence-electron chi connectivity index (χ4n) is 2.44. The molecule has 0 radical (unpaired) electrons. The fraction of sp³-hybridized carbons (Fsp3) is 0.600. The molecule has 0 aliphatic carbocycles. The molecule has 1 aromatic carbocycles. The van der Waals surface area contributed by atoms with Gasteiger partial charge in [-0.3, -0.25) is 9.79 Å². The van der Waals surface area contributed by atoms with E-state index in [1.165, 1.54) is 5.56 Å². The Kier molecular flexibility index (Phi) is 10.7. The number of guanidine groups is 1. The van der Waals surface area contributed by atoms with Gasteiger partial charge in [-0.25, -0.2) is 0 Å². The highest BCUT2D eigenvalue weighted by molar-refractivity contribution is 5.80. The lowest BCUT2D eigenvalue weighted by Crippen LogP contribution is -2.42. The van der Waals surface area contributed by atoms with E-state index in [4.69, 9.17) is 9.47 Å². The van der Waals surface area contributed by atoms with Crippen molar-refractivity contribution in [3.63, 3.8) is 0 Å². The molecule has 0 heterocycles. The molecule has 0 fully saturated rings. The van der Waals surface area contributed by atoms with Crippen molar-refractivity contribution in [2.75, 3.05) is 40.4 Å². The maximum Gasteiger partial charge on any atom is 0.222 e. The lowest BCUT2D eigenvalue weighted by Gasteiger charge is -2.13. The second-order valence-corrected chi connectivity index (χ2v) is 6.39. The van der Waals surface area contributed by atoms with E-state index in [0.717, 1.165) is 36.8 Å². The number of aryl methyl sites for hydroxylation is 1. The van der Waals surface area contributed by atoms with Crippen molar-refractivity contribution in [1.29, 1.82) is 0 Å². The molecule has 0 unspecified atom stereocenters. The molecule has 0 saturated carbocycles. The van der Waals surface area contributed by atoms with Gasteiger partial charge >= 0.3 is 0 Å². The van der Waals surface area contributed by atoms with Crippen molar-refractivity contribution in [3.8, 4) is 11.5 Å². The molecule has 1 aromatic rings. The monoisotopic (exact) mass is 378 g/mol. The molecule has 0 spiro atoms. The van der Waals surface area contributed by atoms with Crippen LogP contribution in [0.1, 0.15) is 32.8 Å². The topological polar surface area (TPSA) is 84.0 Å². The zero-order valence-corrected chi connectivity index (χ0v) is 17.2. The van der Waals surface area contributed by atoms with Crippen LogP contribution in [0.4, 0.5) is 0 Å². The Morgan fingerprint density at radius 2 is 1.81 bits per heavy atom. The average Bonchev–Trinajstić information content (AvgIpc) is 2.66. The van der Waals surface area contributed by atoms with Crippen LogP contribution in [0.25, 0.3) is 0 Å². The van der Waals surface area contributed by atoms with Gasteiger partial charge in [-0.2, -0.15) is 0 Å². The maximum atomic E-state index is 11.5. The Labute approximate surface area is 162 Å². The summed E-state index contributed by atoms with van der Waals surface area (Å²) < 4.78 is 10.9. The Hall–Kier alpha value is -2.44. The predicted molar refractivity (Wildman–Crippen MR) is 110 cm³/mol. The summed E-state index contributed by atoms with van der Waals surface area (Å²) >= 11 is 0. The van der Waals surface area contributed by atoms with Crippen LogP contribution in [0.5, 0.6) is 11.5 Å². The number of methoxy groups -OCH3 is 1. The van der Waals surface area contributed by atoms with Gasteiger partial charge in [0.15, 0.2) is 17.5 Å². The zero-order chi connectivity index (χ0) is 20.1. The van der Waals surface area contributed by atoms with Gasteiger partial charge in [0.05, 0.1) is 13.7 Å². The molecular weight excluding hydrogens is 344 g/mol. The van der Waals surface area contributed by atoms with E-state index in [9.17, 15) is 4.79 Å². The van der Waals surface area contributed by atoms with Gasteiger partial charge in [-0.1, -0.05) is 19.9 Å². The second kappa shape index (κ2) is 12.8. The van der Waals surface area contributed by atoms with Gasteiger partial charge < -0.3 is 25.4 Å². The molecule has 0 atom stereocenters. The maximum absolute atomic E-state index is 11.5. The fourth-order valence-corrected chi connectivity index (χ4v) is 2.44. The number of nitrogens with one attached hydrogen (secondary N) is 3. The molecule has 1 amide bonds. The zero-order valence-electron chi connectivity index (χ0n) is 17.2. The van der Waals surface area contributed by atoms with Crippen molar-refractivity contribution >= 4 is 11.9 Å². The highest BCUT2D eigenvalue weighted by Gasteiger charge is 2.06. The van der Waals surface area contributed by atoms with Gasteiger partial charge in [0.25, 0.3) is 0 Å². The Morgan fingerprint density at radius 1 is 1.11 bits per heavy atom. The highest BCUT2D eigenvalue weighted by atomic mass is 16.5. The van der Waals surface area contributed by atoms with Crippen LogP contribution in [0.3, 0.4) is 0 Å². The molecule has 0 aliphatic heterocycles. The normalized spacial score (nSPS) is 11.3. The Morgan fingerprint density at radius 3 is 2.44 bits per heavy atom. The van der Waals surface area contributed by atoms with Gasteiger partial charge in [0, 0.05) is 32.6 Å². The van der Waals surface area contributed by atoms with Crippen molar-refractivity contribution in [1.82, 2.24) is 16.0 Å². The summed E-state index contributed by atoms with van der Waals surface area (Å²) in [5, 5.41) is 9.34. The summed E-state index contributed by atoms with van der Waals surface area (Å²) in [6.45, 7) is 8.34. The molecular formula is C20H34N4O3. The van der Waals surface area contributed by atoms with Crippen molar-refractivity contribution in [3.05, 3.63) is 23.8 Å². The summed E-state index contributed by atoms with van der Waals surface area (Å²) in [6, 6.07) is 6.04. The van der Waals surface area contributed by atoms with Crippen LogP contribution in [0.15, 0.2) is 23.2 Å². The second-order valence-electron chi connectivity index (χ2n) is 6.39. The van der Waals surface area contributed by atoms with E-state index in [1.54, 1.807) is 14.2 Å². The largest absolute Gasteiger partial charge is 0.493 e. The number of benzene rings is 1. The third-order valence-corrected chi connectivity index (χ3v) is 3.93. The van der Waals surface area contributed by atoms with E-state index in [0.29, 0.717) is 19.7 Å². The summed E-state index contributed by atoms with van der Waals surface area (Å²) in [4.78, 5) is 15.7. The lowest BCUT2D eigenvalue weighted by molar-refractivity contribution is -0.123. The lowest BCUT2D eigenvalue weighted by atomic mass is 10.1. The Balaban J connectivity index is 2.31. The number of amides is 1. The van der Waals surface area contributed by atoms with Gasteiger partial charge in [-0.05, 0) is 37.5 Å². The third kappa shape index (κ3) is 8.66. The first kappa shape index (κ1) is 22.6. The summed E-state index contributed by atoms with van der Waals surface area (Å²) in [5.41, 5.74) is 1.21. The van der Waals surface area contributed by atoms with Crippen LogP contribution in [0, 0.1) is 5.92 Å². The third-order valence-electron chi connectivity index (χ3n) is 3.93. The molecule has 7 nitrogen and oxygen atoms in total. The molecule has 0 saturated heterocycles. The number of carbonyl (C=O) groups excluding carboxylic acids is 1. The van der Waals surface area contributed by atoms with Crippen LogP contribution < -0.4 is 25.4 Å². The number of aliphatic imine (C=N–C) groups is 1. The molecule has 0 aliphatic rings. The number of carbonyl (C=O) groups is 1. The summed E-state index contributed by atoms with van der Waals surface area (Å²) in [7, 11) is 3.38. The molecule has 0 bridgehead atoms. The number of nitrogens with zero attached hydrogens (tertiary/aromatic N) is 1. The number of hydrogen-bond acceptors (Lipinski definition) is 4. The summed E-state index contributed by atoms with van der Waals surface area (Å²) in [5.74, 6) is 2.34. The molecule has 3 N–H and O–H groups in total. The van der Waals surface area contributed by atoms with Gasteiger partial charge in [0.2, 0.25) is 5.91 Å². The molecule has 1 rings (SSSR count). The van der Waals surface area contributed by atoms with Crippen LogP contribution in [-0.4, -0.2) is 52.3 Å². The quantitative estimate of drug-likeness (QED) is 0.311. The highest BCUT2D eigenvalue weighted by Crippen LogP contribution is 2.28. The van der Waals surface area contributed by atoms with Crippen LogP contribution in [0.2, 0.25) is 0 Å². The minimum Gasteiger partial charge on any atom is -0.493 e. The average molecular weight is 379 g/mol. The molecule has 0 aromatic heterocycles. The standard InChI is InChI=1S/C20H34N4O3/c1-6-27-18-14-16(9-10-17(18)26-5)8-7-11-23-20(21-4)24-13-12-22-19(25)15(2)3/h9-10,14-15H,6-8,11-13H2,1-5H3,(H,22,25)(H2,21,23,24). The molecule has 152 valence electrons. The number of hydrogen-bond donors (Lipinski definition) is 3. The SMILES string of the molecule is CCOc1cc(CCCNC(=NC)NCCNC(=O)C(C)C)ccc1OC. The van der Waals surface area contributed by atoms with Gasteiger partial charge in [-0.15, -0.1) is 0 Å². The smallest absolute Gasteiger partial charge is 0.222 e. The van der Waals surface area contributed by atoms with Crippen LogP contribution in [-0.2, 0) is 11.2 Å². The number of ether oxygens (including phenoxy) is 2. The van der Waals surface area contributed by atoms with E-state index in [2.05, 4.69) is 27.0 Å². The molecule has 7 heteroatoms. The van der Waals surface area contributed by atoms with E-state index < -0.39 is 0 Å². The molecule has 27 heavy (non-hydrogen) atoms. The first-order valence-electron chi connectivity index (χ1n) is 9.53. The summed E-state index contributed by atoms with van der Waals surface area (Å²) in [6.07, 6.45) is 1.89. The predicted octanol–water partition coefficient (Wildman–Crippen LogP) is 1.96. The van der Waals surface area contributed by atoms with Crippen molar-refractivity contribution in [2.24, 2.45) is 10.9 Å². The minimum atomic E-state index is 0.00337. The van der Waals surface area contributed by atoms with E-state index >= 15 is 0 Å². The van der Waals surface area contributed by atoms with E-state index in [1.807, 2.05) is 32.9 Å². The first-order valence-corrected chi connectivity index (χ1v) is 9.53. The van der Waals surface area contributed by atoms with Gasteiger partial charge in [0.1, 0.15) is 0 Å². The first-order chi connectivity index (χ1) is 13.0.